The Morgan fingerprint density at radius 2 is 2.00 bits per heavy atom. The molecule has 0 aromatic rings. The molecule has 0 radical (unpaired) electrons. The van der Waals surface area contributed by atoms with E-state index in [1.54, 1.807) is 22.3 Å². The fourth-order valence-electron chi connectivity index (χ4n) is 5.39. The van der Waals surface area contributed by atoms with Gasteiger partial charge in [0.25, 0.3) is 0 Å². The molecule has 2 N–H and O–H groups in total. The van der Waals surface area contributed by atoms with Crippen LogP contribution < -0.4 is 5.32 Å². The average molecular weight is 293 g/mol. The highest BCUT2D eigenvalue weighted by Gasteiger charge is 2.43. The summed E-state index contributed by atoms with van der Waals surface area (Å²) >= 11 is 0. The molecule has 0 spiro atoms. The predicted molar refractivity (Wildman–Crippen MR) is 87.8 cm³/mol. The summed E-state index contributed by atoms with van der Waals surface area (Å²) in [7, 11) is 0. The maximum Gasteiger partial charge on any atom is 0.0643 e. The van der Waals surface area contributed by atoms with E-state index >= 15 is 0 Å². The summed E-state index contributed by atoms with van der Waals surface area (Å²) in [4.78, 5) is 0. The van der Waals surface area contributed by atoms with Crippen molar-refractivity contribution >= 4 is 0 Å². The van der Waals surface area contributed by atoms with Crippen LogP contribution in [0.25, 0.3) is 0 Å². The van der Waals surface area contributed by atoms with E-state index in [1.165, 1.54) is 48.8 Å². The Hall–Kier alpha value is -1.54. The maximum atomic E-state index is 10.4. The summed E-state index contributed by atoms with van der Waals surface area (Å²) in [6, 6.07) is 0. The van der Waals surface area contributed by atoms with E-state index in [9.17, 15) is 5.11 Å². The van der Waals surface area contributed by atoms with Crippen LogP contribution in [0, 0.1) is 11.8 Å². The fourth-order valence-corrected chi connectivity index (χ4v) is 5.39. The SMILES string of the molecule is C[C@H]1C2=C(CC1O)C1=C3CCCC3=C3C=CNC=C3C1CC2. The third kappa shape index (κ3) is 1.54. The quantitative estimate of drug-likeness (QED) is 0.710. The number of aliphatic hydroxyl groups excluding tert-OH is 1. The molecule has 0 amide bonds. The highest BCUT2D eigenvalue weighted by Crippen LogP contribution is 2.56. The number of fused-ring (bicyclic) bond motifs is 5. The zero-order valence-corrected chi connectivity index (χ0v) is 13.2. The van der Waals surface area contributed by atoms with Gasteiger partial charge in [0, 0.05) is 24.2 Å². The number of rotatable bonds is 0. The van der Waals surface area contributed by atoms with Crippen LogP contribution in [0.3, 0.4) is 0 Å². The Kier molecular flexibility index (Phi) is 2.64. The normalized spacial score (nSPS) is 35.9. The molecule has 2 nitrogen and oxygen atoms in total. The predicted octanol–water partition coefficient (Wildman–Crippen LogP) is 3.89. The topological polar surface area (TPSA) is 32.3 Å². The second-order valence-electron chi connectivity index (χ2n) is 7.39. The molecule has 5 aliphatic rings. The third-order valence-corrected chi connectivity index (χ3v) is 6.44. The monoisotopic (exact) mass is 293 g/mol. The first-order valence-corrected chi connectivity index (χ1v) is 8.75. The summed E-state index contributed by atoms with van der Waals surface area (Å²) in [6.07, 6.45) is 13.4. The summed E-state index contributed by atoms with van der Waals surface area (Å²) in [5, 5.41) is 13.7. The lowest BCUT2D eigenvalue weighted by Crippen LogP contribution is -2.24. The van der Waals surface area contributed by atoms with E-state index in [0.29, 0.717) is 11.8 Å². The van der Waals surface area contributed by atoms with Crippen molar-refractivity contribution in [2.75, 3.05) is 0 Å². The zero-order chi connectivity index (χ0) is 14.8. The summed E-state index contributed by atoms with van der Waals surface area (Å²) in [5.41, 5.74) is 10.9. The van der Waals surface area contributed by atoms with Crippen LogP contribution in [-0.2, 0) is 0 Å². The van der Waals surface area contributed by atoms with Crippen molar-refractivity contribution in [1.82, 2.24) is 5.32 Å². The molecule has 0 aromatic heterocycles. The van der Waals surface area contributed by atoms with Gasteiger partial charge >= 0.3 is 0 Å². The lowest BCUT2D eigenvalue weighted by atomic mass is 9.67. The van der Waals surface area contributed by atoms with E-state index in [-0.39, 0.29) is 6.10 Å². The molecule has 1 fully saturated rings. The van der Waals surface area contributed by atoms with Gasteiger partial charge in [-0.1, -0.05) is 12.5 Å². The third-order valence-electron chi connectivity index (χ3n) is 6.44. The molecule has 1 saturated carbocycles. The van der Waals surface area contributed by atoms with Crippen molar-refractivity contribution in [2.45, 2.75) is 51.6 Å². The standard InChI is InChI=1S/C20H23NO/c1-11-12-5-6-16-18-10-21-8-7-14(18)13-3-2-4-15(13)20(16)17(12)9-19(11)22/h7-8,10-11,16,19,21-22H,2-6,9H2,1H3/t11-,16?,19?/m0/s1. The van der Waals surface area contributed by atoms with Gasteiger partial charge in [-0.05, 0) is 78.0 Å². The number of dihydropyridines is 1. The van der Waals surface area contributed by atoms with Crippen molar-refractivity contribution in [3.63, 3.8) is 0 Å². The molecule has 2 heteroatoms. The van der Waals surface area contributed by atoms with Crippen LogP contribution in [0.5, 0.6) is 0 Å². The molecule has 114 valence electrons. The number of aliphatic hydroxyl groups is 1. The van der Waals surface area contributed by atoms with Crippen molar-refractivity contribution in [2.24, 2.45) is 11.8 Å². The molecule has 1 heterocycles. The fraction of sp³-hybridized carbons (Fsp3) is 0.500. The van der Waals surface area contributed by atoms with Gasteiger partial charge in [0.1, 0.15) is 0 Å². The number of hydrogen-bond acceptors (Lipinski definition) is 2. The zero-order valence-electron chi connectivity index (χ0n) is 13.2. The van der Waals surface area contributed by atoms with Gasteiger partial charge in [-0.2, -0.15) is 0 Å². The molecule has 4 aliphatic carbocycles. The Morgan fingerprint density at radius 1 is 1.14 bits per heavy atom. The molecule has 2 unspecified atom stereocenters. The minimum absolute atomic E-state index is 0.162. The molecule has 0 bridgehead atoms. The van der Waals surface area contributed by atoms with Gasteiger partial charge in [0.2, 0.25) is 0 Å². The van der Waals surface area contributed by atoms with Crippen molar-refractivity contribution in [1.29, 1.82) is 0 Å². The van der Waals surface area contributed by atoms with E-state index in [4.69, 9.17) is 0 Å². The Bertz CT molecular complexity index is 716. The van der Waals surface area contributed by atoms with E-state index in [2.05, 4.69) is 30.7 Å². The van der Waals surface area contributed by atoms with E-state index < -0.39 is 0 Å². The Morgan fingerprint density at radius 3 is 2.91 bits per heavy atom. The van der Waals surface area contributed by atoms with Crippen molar-refractivity contribution < 1.29 is 5.11 Å². The second-order valence-corrected chi connectivity index (χ2v) is 7.39. The van der Waals surface area contributed by atoms with Gasteiger partial charge in [-0.15, -0.1) is 0 Å². The molecular weight excluding hydrogens is 270 g/mol. The van der Waals surface area contributed by atoms with Gasteiger partial charge in [0.15, 0.2) is 0 Å². The molecule has 0 saturated heterocycles. The largest absolute Gasteiger partial charge is 0.392 e. The van der Waals surface area contributed by atoms with Crippen molar-refractivity contribution in [3.05, 3.63) is 57.5 Å². The highest BCUT2D eigenvalue weighted by atomic mass is 16.3. The van der Waals surface area contributed by atoms with E-state index in [0.717, 1.165) is 6.42 Å². The van der Waals surface area contributed by atoms with Gasteiger partial charge in [-0.25, -0.2) is 0 Å². The van der Waals surface area contributed by atoms with Crippen LogP contribution in [0.2, 0.25) is 0 Å². The number of nitrogens with one attached hydrogen (secondary N) is 1. The first kappa shape index (κ1) is 13.0. The van der Waals surface area contributed by atoms with Crippen LogP contribution in [0.1, 0.15) is 45.4 Å². The smallest absolute Gasteiger partial charge is 0.0643 e. The second kappa shape index (κ2) is 4.48. The van der Waals surface area contributed by atoms with Crippen molar-refractivity contribution in [3.8, 4) is 0 Å². The Labute approximate surface area is 132 Å². The van der Waals surface area contributed by atoms with Gasteiger partial charge < -0.3 is 10.4 Å². The molecule has 22 heavy (non-hydrogen) atoms. The average Bonchev–Trinajstić information content (AvgIpc) is 3.13. The first-order valence-electron chi connectivity index (χ1n) is 8.75. The molecule has 3 atom stereocenters. The van der Waals surface area contributed by atoms with Crippen LogP contribution in [0.4, 0.5) is 0 Å². The van der Waals surface area contributed by atoms with Crippen LogP contribution >= 0.6 is 0 Å². The maximum absolute atomic E-state index is 10.4. The Balaban J connectivity index is 1.75. The molecule has 0 aromatic carbocycles. The van der Waals surface area contributed by atoms with Crippen LogP contribution in [-0.4, -0.2) is 11.2 Å². The highest BCUT2D eigenvalue weighted by molar-refractivity contribution is 5.67. The minimum Gasteiger partial charge on any atom is -0.392 e. The molecule has 1 aliphatic heterocycles. The summed E-state index contributed by atoms with van der Waals surface area (Å²) in [6.45, 7) is 2.21. The summed E-state index contributed by atoms with van der Waals surface area (Å²) < 4.78 is 0. The van der Waals surface area contributed by atoms with Gasteiger partial charge in [0.05, 0.1) is 6.10 Å². The van der Waals surface area contributed by atoms with Crippen LogP contribution in [0.15, 0.2) is 57.5 Å². The van der Waals surface area contributed by atoms with Gasteiger partial charge in [-0.3, -0.25) is 0 Å². The first-order chi connectivity index (χ1) is 10.8. The molecule has 5 rings (SSSR count). The van der Waals surface area contributed by atoms with E-state index in [1.807, 2.05) is 0 Å². The minimum atomic E-state index is -0.162. The summed E-state index contributed by atoms with van der Waals surface area (Å²) in [5.74, 6) is 0.915. The number of allylic oxidation sites excluding steroid dienone is 6. The molecular formula is C20H23NO. The lowest BCUT2D eigenvalue weighted by Gasteiger charge is -2.37. The number of hydrogen-bond donors (Lipinski definition) is 2. The lowest BCUT2D eigenvalue weighted by molar-refractivity contribution is 0.146.